The normalized spacial score (nSPS) is 17.9. The summed E-state index contributed by atoms with van der Waals surface area (Å²) in [5.41, 5.74) is 2.32. The van der Waals surface area contributed by atoms with E-state index >= 15 is 0 Å². The molecule has 1 aliphatic carbocycles. The molecule has 6 nitrogen and oxygen atoms in total. The minimum absolute atomic E-state index is 0.234. The summed E-state index contributed by atoms with van der Waals surface area (Å²) in [5.74, 6) is 0.511. The molecule has 1 amide bonds. The van der Waals surface area contributed by atoms with E-state index in [-0.39, 0.29) is 5.91 Å². The van der Waals surface area contributed by atoms with Crippen molar-refractivity contribution in [2.24, 2.45) is 0 Å². The van der Waals surface area contributed by atoms with E-state index in [1.54, 1.807) is 6.07 Å². The smallest absolute Gasteiger partial charge is 0.276 e. The molecule has 28 heavy (non-hydrogen) atoms. The average molecular weight is 380 g/mol. The highest BCUT2D eigenvalue weighted by Gasteiger charge is 2.15. The van der Waals surface area contributed by atoms with E-state index in [4.69, 9.17) is 0 Å². The van der Waals surface area contributed by atoms with Gasteiger partial charge in [-0.3, -0.25) is 4.79 Å². The number of aromatic nitrogens is 2. The van der Waals surface area contributed by atoms with Crippen LogP contribution in [0.15, 0.2) is 36.4 Å². The first-order valence-electron chi connectivity index (χ1n) is 10.5. The van der Waals surface area contributed by atoms with Crippen molar-refractivity contribution in [2.45, 2.75) is 57.4 Å². The number of carbonyl (C=O) groups is 1. The molecular weight excluding hydrogens is 350 g/mol. The second-order valence-electron chi connectivity index (χ2n) is 7.83. The average Bonchev–Trinajstić information content (AvgIpc) is 2.76. The Labute approximate surface area is 166 Å². The number of benzene rings is 1. The van der Waals surface area contributed by atoms with Crippen molar-refractivity contribution in [3.05, 3.63) is 42.1 Å². The zero-order chi connectivity index (χ0) is 19.2. The van der Waals surface area contributed by atoms with Crippen molar-refractivity contribution < 1.29 is 4.79 Å². The van der Waals surface area contributed by atoms with Crippen LogP contribution in [0, 0.1) is 0 Å². The lowest BCUT2D eigenvalue weighted by Crippen LogP contribution is -2.29. The van der Waals surface area contributed by atoms with Gasteiger partial charge in [0.15, 0.2) is 5.69 Å². The molecule has 2 aliphatic rings. The second kappa shape index (κ2) is 9.04. The van der Waals surface area contributed by atoms with E-state index in [0.29, 0.717) is 11.7 Å². The first kappa shape index (κ1) is 18.7. The Bertz CT molecular complexity index is 763. The highest BCUT2D eigenvalue weighted by atomic mass is 16.1. The standard InChI is InChI=1S/C22H29N5O/c28-22(20-13-14-21(26-25-20)23-17-7-3-1-4-8-17)24-18-9-11-19(12-10-18)27-15-5-2-6-16-27/h9-14,17H,1-8,15-16H2,(H,23,26)(H,24,28). The molecule has 1 aromatic carbocycles. The van der Waals surface area contributed by atoms with Gasteiger partial charge in [0.25, 0.3) is 5.91 Å². The van der Waals surface area contributed by atoms with Crippen LogP contribution in [0.3, 0.4) is 0 Å². The Morgan fingerprint density at radius 2 is 1.57 bits per heavy atom. The van der Waals surface area contributed by atoms with Gasteiger partial charge in [0.2, 0.25) is 0 Å². The predicted molar refractivity (Wildman–Crippen MR) is 113 cm³/mol. The topological polar surface area (TPSA) is 70.2 Å². The Hall–Kier alpha value is -2.63. The van der Waals surface area contributed by atoms with Gasteiger partial charge in [-0.1, -0.05) is 19.3 Å². The number of amides is 1. The third-order valence-electron chi connectivity index (χ3n) is 5.70. The van der Waals surface area contributed by atoms with E-state index in [2.05, 4.69) is 37.9 Å². The molecule has 1 saturated heterocycles. The molecule has 2 aromatic rings. The summed E-state index contributed by atoms with van der Waals surface area (Å²) in [5, 5.41) is 14.6. The molecule has 2 N–H and O–H groups in total. The monoisotopic (exact) mass is 379 g/mol. The number of carbonyl (C=O) groups excluding carboxylic acids is 1. The number of nitrogens with zero attached hydrogens (tertiary/aromatic N) is 3. The van der Waals surface area contributed by atoms with Crippen LogP contribution in [0.1, 0.15) is 61.9 Å². The Morgan fingerprint density at radius 1 is 0.857 bits per heavy atom. The minimum atomic E-state index is -0.234. The number of rotatable bonds is 5. The SMILES string of the molecule is O=C(Nc1ccc(N2CCCCC2)cc1)c1ccc(NC2CCCCC2)nn1. The molecule has 4 rings (SSSR count). The predicted octanol–water partition coefficient (Wildman–Crippen LogP) is 4.46. The van der Waals surface area contributed by atoms with E-state index in [0.717, 1.165) is 24.6 Å². The minimum Gasteiger partial charge on any atom is -0.372 e. The molecular formula is C22H29N5O. The van der Waals surface area contributed by atoms with E-state index in [1.807, 2.05) is 18.2 Å². The molecule has 2 fully saturated rings. The maximum absolute atomic E-state index is 12.5. The molecule has 1 saturated carbocycles. The van der Waals surface area contributed by atoms with E-state index in [1.165, 1.54) is 57.1 Å². The van der Waals surface area contributed by atoms with Crippen LogP contribution in [0.4, 0.5) is 17.2 Å². The van der Waals surface area contributed by atoms with Gasteiger partial charge in [-0.15, -0.1) is 10.2 Å². The van der Waals surface area contributed by atoms with Gasteiger partial charge in [-0.25, -0.2) is 0 Å². The molecule has 2 heterocycles. The lowest BCUT2D eigenvalue weighted by Gasteiger charge is -2.28. The quantitative estimate of drug-likeness (QED) is 0.802. The van der Waals surface area contributed by atoms with Crippen LogP contribution in [0.5, 0.6) is 0 Å². The summed E-state index contributed by atoms with van der Waals surface area (Å²) < 4.78 is 0. The number of hydrogen-bond acceptors (Lipinski definition) is 5. The maximum atomic E-state index is 12.5. The van der Waals surface area contributed by atoms with Crippen molar-refractivity contribution in [2.75, 3.05) is 28.6 Å². The zero-order valence-electron chi connectivity index (χ0n) is 16.4. The third-order valence-corrected chi connectivity index (χ3v) is 5.70. The van der Waals surface area contributed by atoms with Gasteiger partial charge in [-0.2, -0.15) is 0 Å². The van der Waals surface area contributed by atoms with Crippen LogP contribution in [0.25, 0.3) is 0 Å². The fraction of sp³-hybridized carbons (Fsp3) is 0.500. The summed E-state index contributed by atoms with van der Waals surface area (Å²) in [6.45, 7) is 2.23. The largest absolute Gasteiger partial charge is 0.372 e. The zero-order valence-corrected chi connectivity index (χ0v) is 16.4. The summed E-state index contributed by atoms with van der Waals surface area (Å²) in [6.07, 6.45) is 10.0. The lowest BCUT2D eigenvalue weighted by atomic mass is 9.95. The first-order chi connectivity index (χ1) is 13.8. The summed E-state index contributed by atoms with van der Waals surface area (Å²) in [6, 6.07) is 12.1. The van der Waals surface area contributed by atoms with Gasteiger partial charge >= 0.3 is 0 Å². The lowest BCUT2D eigenvalue weighted by molar-refractivity contribution is 0.102. The second-order valence-corrected chi connectivity index (χ2v) is 7.83. The third kappa shape index (κ3) is 4.80. The summed E-state index contributed by atoms with van der Waals surface area (Å²) in [7, 11) is 0. The molecule has 0 unspecified atom stereocenters. The summed E-state index contributed by atoms with van der Waals surface area (Å²) in [4.78, 5) is 14.9. The molecule has 0 bridgehead atoms. The number of hydrogen-bond donors (Lipinski definition) is 2. The fourth-order valence-electron chi connectivity index (χ4n) is 4.09. The van der Waals surface area contributed by atoms with Crippen LogP contribution in [-0.2, 0) is 0 Å². The Kier molecular flexibility index (Phi) is 6.04. The Balaban J connectivity index is 1.32. The van der Waals surface area contributed by atoms with Crippen LogP contribution < -0.4 is 15.5 Å². The number of nitrogens with one attached hydrogen (secondary N) is 2. The summed E-state index contributed by atoms with van der Waals surface area (Å²) >= 11 is 0. The number of anilines is 3. The van der Waals surface area contributed by atoms with Crippen LogP contribution in [0.2, 0.25) is 0 Å². The molecule has 0 spiro atoms. The molecule has 148 valence electrons. The van der Waals surface area contributed by atoms with E-state index in [9.17, 15) is 4.79 Å². The van der Waals surface area contributed by atoms with Crippen molar-refractivity contribution in [3.63, 3.8) is 0 Å². The molecule has 6 heteroatoms. The van der Waals surface area contributed by atoms with Crippen LogP contribution in [-0.4, -0.2) is 35.2 Å². The molecule has 1 aromatic heterocycles. The molecule has 0 atom stereocenters. The van der Waals surface area contributed by atoms with Crippen LogP contribution >= 0.6 is 0 Å². The highest BCUT2D eigenvalue weighted by Crippen LogP contribution is 2.22. The van der Waals surface area contributed by atoms with Gasteiger partial charge in [0, 0.05) is 30.5 Å². The van der Waals surface area contributed by atoms with Crippen molar-refractivity contribution >= 4 is 23.1 Å². The fourth-order valence-corrected chi connectivity index (χ4v) is 4.09. The van der Waals surface area contributed by atoms with Gasteiger partial charge in [-0.05, 0) is 68.5 Å². The van der Waals surface area contributed by atoms with E-state index < -0.39 is 0 Å². The highest BCUT2D eigenvalue weighted by molar-refractivity contribution is 6.02. The van der Waals surface area contributed by atoms with Gasteiger partial charge < -0.3 is 15.5 Å². The van der Waals surface area contributed by atoms with Crippen molar-refractivity contribution in [1.29, 1.82) is 0 Å². The molecule has 1 aliphatic heterocycles. The van der Waals surface area contributed by atoms with Crippen molar-refractivity contribution in [3.8, 4) is 0 Å². The maximum Gasteiger partial charge on any atom is 0.276 e. The van der Waals surface area contributed by atoms with Crippen molar-refractivity contribution in [1.82, 2.24) is 10.2 Å². The number of piperidine rings is 1. The first-order valence-corrected chi connectivity index (χ1v) is 10.5. The molecule has 0 radical (unpaired) electrons. The van der Waals surface area contributed by atoms with Gasteiger partial charge in [0.1, 0.15) is 5.82 Å². The van der Waals surface area contributed by atoms with Gasteiger partial charge in [0.05, 0.1) is 0 Å². The Morgan fingerprint density at radius 3 is 2.25 bits per heavy atom.